The molecule has 2 heterocycles. The number of fused-ring (bicyclic) bond motifs is 1. The Morgan fingerprint density at radius 1 is 1.18 bits per heavy atom. The van der Waals surface area contributed by atoms with Gasteiger partial charge in [-0.2, -0.15) is 5.10 Å². The maximum absolute atomic E-state index is 13.9. The summed E-state index contributed by atoms with van der Waals surface area (Å²) in [6.07, 6.45) is 1.16. The first-order valence-corrected chi connectivity index (χ1v) is 9.05. The van der Waals surface area contributed by atoms with Crippen molar-refractivity contribution in [1.82, 2.24) is 14.8 Å². The molecule has 140 valence electrons. The summed E-state index contributed by atoms with van der Waals surface area (Å²) < 4.78 is 28.6. The highest BCUT2D eigenvalue weighted by Crippen LogP contribution is 2.27. The minimum absolute atomic E-state index is 0.0184. The molecule has 0 aliphatic carbocycles. The Kier molecular flexibility index (Phi) is 4.66. The van der Waals surface area contributed by atoms with E-state index in [9.17, 15) is 18.4 Å². The van der Waals surface area contributed by atoms with Crippen molar-refractivity contribution < 1.29 is 13.6 Å². The minimum atomic E-state index is -0.603. The van der Waals surface area contributed by atoms with Crippen LogP contribution in [-0.4, -0.2) is 20.7 Å². The van der Waals surface area contributed by atoms with Gasteiger partial charge in [0, 0.05) is 16.3 Å². The van der Waals surface area contributed by atoms with Crippen LogP contribution in [0.15, 0.2) is 58.8 Å². The molecule has 0 bridgehead atoms. The fourth-order valence-corrected chi connectivity index (χ4v) is 3.46. The molecule has 9 heteroatoms. The summed E-state index contributed by atoms with van der Waals surface area (Å²) in [5.74, 6) is -1.60. The maximum Gasteiger partial charge on any atom is 0.247 e. The van der Waals surface area contributed by atoms with Crippen LogP contribution in [0.3, 0.4) is 0 Å². The predicted molar refractivity (Wildman–Crippen MR) is 102 cm³/mol. The van der Waals surface area contributed by atoms with Gasteiger partial charge in [-0.1, -0.05) is 12.1 Å². The summed E-state index contributed by atoms with van der Waals surface area (Å²) in [5, 5.41) is 8.84. The molecule has 0 atom stereocenters. The molecule has 0 aliphatic heterocycles. The van der Waals surface area contributed by atoms with Crippen LogP contribution >= 0.6 is 11.3 Å². The summed E-state index contributed by atoms with van der Waals surface area (Å²) in [5.41, 5.74) is 0.551. The van der Waals surface area contributed by atoms with Crippen LogP contribution in [0.2, 0.25) is 0 Å². The van der Waals surface area contributed by atoms with E-state index in [1.807, 2.05) is 0 Å². The first-order valence-electron chi connectivity index (χ1n) is 8.17. The Morgan fingerprint density at radius 3 is 2.86 bits per heavy atom. The molecule has 6 nitrogen and oxygen atoms in total. The number of anilines is 1. The van der Waals surface area contributed by atoms with Crippen LogP contribution in [0.25, 0.3) is 22.2 Å². The average molecular weight is 398 g/mol. The Bertz CT molecular complexity index is 1250. The van der Waals surface area contributed by atoms with Gasteiger partial charge in [0.15, 0.2) is 5.13 Å². The third-order valence-corrected chi connectivity index (χ3v) is 4.77. The van der Waals surface area contributed by atoms with Crippen LogP contribution in [-0.2, 0) is 11.3 Å². The molecule has 1 amide bonds. The van der Waals surface area contributed by atoms with E-state index in [2.05, 4.69) is 15.4 Å². The highest BCUT2D eigenvalue weighted by Gasteiger charge is 2.13. The number of aromatic nitrogens is 3. The molecule has 0 spiro atoms. The number of carbonyl (C=O) groups is 1. The van der Waals surface area contributed by atoms with Crippen molar-refractivity contribution in [3.8, 4) is 11.3 Å². The summed E-state index contributed by atoms with van der Waals surface area (Å²) in [6.45, 7) is -0.135. The monoisotopic (exact) mass is 398 g/mol. The number of rotatable bonds is 4. The number of hydrogen-bond donors (Lipinski definition) is 1. The summed E-state index contributed by atoms with van der Waals surface area (Å²) in [7, 11) is 0. The molecule has 0 saturated heterocycles. The van der Waals surface area contributed by atoms with Crippen LogP contribution in [0, 0.1) is 11.6 Å². The van der Waals surface area contributed by atoms with Crippen molar-refractivity contribution in [2.45, 2.75) is 6.54 Å². The smallest absolute Gasteiger partial charge is 0.247 e. The Hall–Kier alpha value is -3.46. The number of amides is 1. The Morgan fingerprint density at radius 2 is 2.00 bits per heavy atom. The fourth-order valence-electron chi connectivity index (χ4n) is 2.73. The van der Waals surface area contributed by atoms with E-state index >= 15 is 0 Å². The van der Waals surface area contributed by atoms with Crippen LogP contribution in [0.1, 0.15) is 0 Å². The van der Waals surface area contributed by atoms with Crippen molar-refractivity contribution in [3.63, 3.8) is 0 Å². The lowest BCUT2D eigenvalue weighted by molar-refractivity contribution is -0.116. The molecular formula is C19H12F2N4O2S. The first-order chi connectivity index (χ1) is 13.5. The fraction of sp³-hybridized carbons (Fsp3) is 0.0526. The number of nitrogens with one attached hydrogen (secondary N) is 1. The zero-order chi connectivity index (χ0) is 19.7. The molecule has 0 radical (unpaired) electrons. The van der Waals surface area contributed by atoms with E-state index in [4.69, 9.17) is 0 Å². The number of thiazole rings is 1. The Balaban J connectivity index is 1.54. The van der Waals surface area contributed by atoms with Crippen molar-refractivity contribution in [1.29, 1.82) is 0 Å². The summed E-state index contributed by atoms with van der Waals surface area (Å²) >= 11 is 1.09. The average Bonchev–Trinajstić information content (AvgIpc) is 3.14. The van der Waals surface area contributed by atoms with Crippen LogP contribution in [0.4, 0.5) is 13.9 Å². The lowest BCUT2D eigenvalue weighted by Crippen LogP contribution is -2.22. The molecule has 0 aliphatic rings. The molecular weight excluding hydrogens is 386 g/mol. The number of carbonyl (C=O) groups excluding carboxylic acids is 1. The van der Waals surface area contributed by atoms with Crippen LogP contribution < -0.4 is 10.7 Å². The minimum Gasteiger partial charge on any atom is -0.300 e. The van der Waals surface area contributed by atoms with Gasteiger partial charge in [-0.05, 0) is 30.3 Å². The molecule has 28 heavy (non-hydrogen) atoms. The van der Waals surface area contributed by atoms with E-state index in [0.717, 1.165) is 35.7 Å². The second kappa shape index (κ2) is 7.28. The highest BCUT2D eigenvalue weighted by atomic mass is 32.1. The van der Waals surface area contributed by atoms with Gasteiger partial charge in [0.25, 0.3) is 0 Å². The molecule has 4 rings (SSSR count). The first kappa shape index (κ1) is 17.9. The van der Waals surface area contributed by atoms with Gasteiger partial charge in [-0.25, -0.2) is 13.8 Å². The van der Waals surface area contributed by atoms with E-state index in [-0.39, 0.29) is 28.4 Å². The molecule has 0 unspecified atom stereocenters. The van der Waals surface area contributed by atoms with Gasteiger partial charge >= 0.3 is 0 Å². The lowest BCUT2D eigenvalue weighted by atomic mass is 10.1. The topological polar surface area (TPSA) is 76.9 Å². The molecule has 0 fully saturated rings. The number of halogens is 2. The SMILES string of the molecule is O=C(Cn1ncc(=O)c2ccccc21)Nc1nc(-c2cc(F)ccc2F)cs1. The lowest BCUT2D eigenvalue weighted by Gasteiger charge is -2.08. The second-order valence-electron chi connectivity index (χ2n) is 5.89. The van der Waals surface area contributed by atoms with Gasteiger partial charge in [0.1, 0.15) is 18.2 Å². The van der Waals surface area contributed by atoms with E-state index in [1.54, 1.807) is 24.3 Å². The predicted octanol–water partition coefficient (Wildman–Crippen LogP) is 3.44. The van der Waals surface area contributed by atoms with Gasteiger partial charge in [-0.3, -0.25) is 14.3 Å². The standard InChI is InChI=1S/C19H12F2N4O2S/c20-11-5-6-14(21)13(7-11)15-10-28-19(23-15)24-18(27)9-25-16-4-2-1-3-12(16)17(26)8-22-25/h1-8,10H,9H2,(H,23,24,27). The van der Waals surface area contributed by atoms with E-state index < -0.39 is 17.5 Å². The van der Waals surface area contributed by atoms with Crippen molar-refractivity contribution in [2.24, 2.45) is 0 Å². The highest BCUT2D eigenvalue weighted by molar-refractivity contribution is 7.14. The number of benzene rings is 2. The van der Waals surface area contributed by atoms with Crippen molar-refractivity contribution >= 4 is 33.3 Å². The zero-order valence-electron chi connectivity index (χ0n) is 14.2. The third-order valence-electron chi connectivity index (χ3n) is 4.01. The normalized spacial score (nSPS) is 10.9. The molecule has 0 saturated carbocycles. The van der Waals surface area contributed by atoms with Gasteiger partial charge in [0.2, 0.25) is 11.3 Å². The van der Waals surface area contributed by atoms with E-state index in [0.29, 0.717) is 10.9 Å². The molecule has 2 aromatic carbocycles. The number of para-hydroxylation sites is 1. The largest absolute Gasteiger partial charge is 0.300 e. The van der Waals surface area contributed by atoms with Crippen molar-refractivity contribution in [2.75, 3.05) is 5.32 Å². The number of nitrogens with zero attached hydrogens (tertiary/aromatic N) is 3. The van der Waals surface area contributed by atoms with Crippen LogP contribution in [0.5, 0.6) is 0 Å². The molecule has 4 aromatic rings. The Labute approximate surface area is 161 Å². The summed E-state index contributed by atoms with van der Waals surface area (Å²) in [4.78, 5) is 28.4. The number of hydrogen-bond acceptors (Lipinski definition) is 5. The van der Waals surface area contributed by atoms with E-state index in [1.165, 1.54) is 10.1 Å². The van der Waals surface area contributed by atoms with Gasteiger partial charge in [-0.15, -0.1) is 11.3 Å². The quantitative estimate of drug-likeness (QED) is 0.571. The molecule has 2 aromatic heterocycles. The summed E-state index contributed by atoms with van der Waals surface area (Å²) in [6, 6.07) is 9.94. The second-order valence-corrected chi connectivity index (χ2v) is 6.75. The van der Waals surface area contributed by atoms with Gasteiger partial charge < -0.3 is 5.32 Å². The molecule has 1 N–H and O–H groups in total. The maximum atomic E-state index is 13.9. The third kappa shape index (κ3) is 3.52. The van der Waals surface area contributed by atoms with Crippen molar-refractivity contribution in [3.05, 3.63) is 75.9 Å². The zero-order valence-corrected chi connectivity index (χ0v) is 15.0. The van der Waals surface area contributed by atoms with Gasteiger partial charge in [0.05, 0.1) is 17.4 Å².